The Hall–Kier alpha value is -0.780. The highest BCUT2D eigenvalue weighted by Gasteiger charge is 2.15. The SMILES string of the molecule is CC(CS(C)(=O)=O)NC(N)=NC1CCCC1. The number of nitrogens with zero attached hydrogens (tertiary/aromatic N) is 1. The lowest BCUT2D eigenvalue weighted by atomic mass is 10.3. The fraction of sp³-hybridized carbons (Fsp3) is 0.900. The summed E-state index contributed by atoms with van der Waals surface area (Å²) in [5.74, 6) is 0.441. The predicted molar refractivity (Wildman–Crippen MR) is 66.2 cm³/mol. The van der Waals surface area contributed by atoms with Crippen molar-refractivity contribution in [3.8, 4) is 0 Å². The smallest absolute Gasteiger partial charge is 0.189 e. The van der Waals surface area contributed by atoms with Crippen LogP contribution in [0.4, 0.5) is 0 Å². The summed E-state index contributed by atoms with van der Waals surface area (Å²) < 4.78 is 22.1. The number of guanidine groups is 1. The topological polar surface area (TPSA) is 84.5 Å². The Morgan fingerprint density at radius 1 is 1.50 bits per heavy atom. The monoisotopic (exact) mass is 247 g/mol. The molecule has 0 aliphatic heterocycles. The number of hydrogen-bond acceptors (Lipinski definition) is 3. The molecule has 6 heteroatoms. The molecule has 0 aromatic heterocycles. The highest BCUT2D eigenvalue weighted by atomic mass is 32.2. The number of nitrogens with two attached hydrogens (primary N) is 1. The van der Waals surface area contributed by atoms with Crippen molar-refractivity contribution in [3.05, 3.63) is 0 Å². The summed E-state index contributed by atoms with van der Waals surface area (Å²) in [4.78, 5) is 4.33. The van der Waals surface area contributed by atoms with Gasteiger partial charge in [-0.05, 0) is 19.8 Å². The molecule has 0 bridgehead atoms. The molecule has 0 heterocycles. The third-order valence-corrected chi connectivity index (χ3v) is 3.70. The van der Waals surface area contributed by atoms with Gasteiger partial charge in [-0.25, -0.2) is 8.42 Å². The summed E-state index contributed by atoms with van der Waals surface area (Å²) in [6.07, 6.45) is 5.81. The lowest BCUT2D eigenvalue weighted by Crippen LogP contribution is -2.42. The maximum atomic E-state index is 11.0. The first-order valence-corrected chi connectivity index (χ1v) is 7.70. The molecule has 0 saturated heterocycles. The molecule has 5 nitrogen and oxygen atoms in total. The van der Waals surface area contributed by atoms with Gasteiger partial charge in [-0.1, -0.05) is 12.8 Å². The van der Waals surface area contributed by atoms with Gasteiger partial charge in [0.1, 0.15) is 9.84 Å². The molecule has 0 spiro atoms. The van der Waals surface area contributed by atoms with Gasteiger partial charge in [-0.15, -0.1) is 0 Å². The molecule has 0 radical (unpaired) electrons. The molecule has 1 aliphatic rings. The minimum absolute atomic E-state index is 0.0773. The minimum Gasteiger partial charge on any atom is -0.370 e. The quantitative estimate of drug-likeness (QED) is 0.551. The van der Waals surface area contributed by atoms with Gasteiger partial charge < -0.3 is 11.1 Å². The number of hydrogen-bond donors (Lipinski definition) is 2. The van der Waals surface area contributed by atoms with Gasteiger partial charge in [0.2, 0.25) is 0 Å². The zero-order valence-corrected chi connectivity index (χ0v) is 10.8. The van der Waals surface area contributed by atoms with Crippen molar-refractivity contribution >= 4 is 15.8 Å². The van der Waals surface area contributed by atoms with Crippen molar-refractivity contribution in [1.82, 2.24) is 5.32 Å². The second-order valence-electron chi connectivity index (χ2n) is 4.59. The maximum Gasteiger partial charge on any atom is 0.189 e. The van der Waals surface area contributed by atoms with Crippen LogP contribution >= 0.6 is 0 Å². The molecule has 1 saturated carbocycles. The van der Waals surface area contributed by atoms with Crippen LogP contribution in [0.1, 0.15) is 32.6 Å². The zero-order chi connectivity index (χ0) is 12.2. The fourth-order valence-electron chi connectivity index (χ4n) is 2.02. The molecular formula is C10H21N3O2S. The van der Waals surface area contributed by atoms with Gasteiger partial charge in [-0.2, -0.15) is 0 Å². The van der Waals surface area contributed by atoms with Crippen LogP contribution in [0.3, 0.4) is 0 Å². The van der Waals surface area contributed by atoms with E-state index in [1.807, 2.05) is 0 Å². The number of sulfone groups is 1. The molecule has 1 aliphatic carbocycles. The fourth-order valence-corrected chi connectivity index (χ4v) is 3.01. The third-order valence-electron chi connectivity index (χ3n) is 2.59. The van der Waals surface area contributed by atoms with E-state index in [-0.39, 0.29) is 11.8 Å². The normalized spacial score (nSPS) is 21.0. The Kier molecular flexibility index (Phi) is 4.58. The first-order valence-electron chi connectivity index (χ1n) is 5.64. The third kappa shape index (κ3) is 5.34. The van der Waals surface area contributed by atoms with E-state index in [0.717, 1.165) is 12.8 Å². The Bertz CT molecular complexity index is 345. The lowest BCUT2D eigenvalue weighted by Gasteiger charge is -2.14. The van der Waals surface area contributed by atoms with Gasteiger partial charge >= 0.3 is 0 Å². The Balaban J connectivity index is 2.40. The second-order valence-corrected chi connectivity index (χ2v) is 6.78. The van der Waals surface area contributed by atoms with Crippen molar-refractivity contribution < 1.29 is 8.42 Å². The van der Waals surface area contributed by atoms with Crippen molar-refractivity contribution in [3.63, 3.8) is 0 Å². The number of nitrogens with one attached hydrogen (secondary N) is 1. The summed E-state index contributed by atoms with van der Waals surface area (Å²) in [5, 5.41) is 2.91. The van der Waals surface area contributed by atoms with E-state index in [0.29, 0.717) is 12.0 Å². The van der Waals surface area contributed by atoms with Crippen LogP contribution in [-0.4, -0.2) is 38.5 Å². The van der Waals surface area contributed by atoms with Crippen molar-refractivity contribution in [2.75, 3.05) is 12.0 Å². The molecule has 1 unspecified atom stereocenters. The van der Waals surface area contributed by atoms with Crippen LogP contribution in [0.2, 0.25) is 0 Å². The zero-order valence-electron chi connectivity index (χ0n) is 9.94. The maximum absolute atomic E-state index is 11.0. The van der Waals surface area contributed by atoms with Crippen LogP contribution in [0, 0.1) is 0 Å². The van der Waals surface area contributed by atoms with E-state index in [1.165, 1.54) is 19.1 Å². The molecule has 1 atom stereocenters. The first-order chi connectivity index (χ1) is 7.37. The van der Waals surface area contributed by atoms with Crippen molar-refractivity contribution in [2.24, 2.45) is 10.7 Å². The number of aliphatic imine (C=N–C) groups is 1. The Morgan fingerprint density at radius 3 is 2.56 bits per heavy atom. The number of rotatable bonds is 4. The van der Waals surface area contributed by atoms with Crippen LogP contribution in [0.25, 0.3) is 0 Å². The van der Waals surface area contributed by atoms with Crippen molar-refractivity contribution in [2.45, 2.75) is 44.7 Å². The van der Waals surface area contributed by atoms with Crippen LogP contribution in [0.15, 0.2) is 4.99 Å². The average Bonchev–Trinajstić information content (AvgIpc) is 2.51. The van der Waals surface area contributed by atoms with Crippen molar-refractivity contribution in [1.29, 1.82) is 0 Å². The summed E-state index contributed by atoms with van der Waals surface area (Å²) in [6, 6.07) is 0.123. The highest BCUT2D eigenvalue weighted by molar-refractivity contribution is 7.90. The second kappa shape index (κ2) is 5.52. The molecule has 1 fully saturated rings. The molecule has 0 aromatic rings. The van der Waals surface area contributed by atoms with Gasteiger partial charge in [0.25, 0.3) is 0 Å². The summed E-state index contributed by atoms with van der Waals surface area (Å²) in [7, 11) is -2.97. The first kappa shape index (κ1) is 13.3. The molecule has 0 amide bonds. The van der Waals surface area contributed by atoms with Gasteiger partial charge in [0, 0.05) is 12.3 Å². The lowest BCUT2D eigenvalue weighted by molar-refractivity contribution is 0.590. The molecule has 3 N–H and O–H groups in total. The van der Waals surface area contributed by atoms with Gasteiger partial charge in [0.05, 0.1) is 11.8 Å². The minimum atomic E-state index is -2.97. The van der Waals surface area contributed by atoms with E-state index >= 15 is 0 Å². The van der Waals surface area contributed by atoms with E-state index in [1.54, 1.807) is 6.92 Å². The predicted octanol–water partition coefficient (Wildman–Crippen LogP) is 0.266. The Morgan fingerprint density at radius 2 is 2.06 bits per heavy atom. The standard InChI is InChI=1S/C10H21N3O2S/c1-8(7-16(2,14)15)12-10(11)13-9-5-3-4-6-9/h8-9H,3-7H2,1-2H3,(H3,11,12,13). The molecule has 0 aromatic carbocycles. The summed E-state index contributed by atoms with van der Waals surface area (Å²) in [6.45, 7) is 1.79. The van der Waals surface area contributed by atoms with E-state index in [4.69, 9.17) is 5.73 Å². The highest BCUT2D eigenvalue weighted by Crippen LogP contribution is 2.20. The Labute approximate surface area is 97.4 Å². The largest absolute Gasteiger partial charge is 0.370 e. The molecule has 94 valence electrons. The summed E-state index contributed by atoms with van der Waals surface area (Å²) in [5.41, 5.74) is 5.72. The average molecular weight is 247 g/mol. The van der Waals surface area contributed by atoms with Crippen LogP contribution in [-0.2, 0) is 9.84 Å². The molecular weight excluding hydrogens is 226 g/mol. The molecule has 16 heavy (non-hydrogen) atoms. The summed E-state index contributed by atoms with van der Waals surface area (Å²) >= 11 is 0. The van der Waals surface area contributed by atoms with E-state index in [2.05, 4.69) is 10.3 Å². The molecule has 1 rings (SSSR count). The van der Waals surface area contributed by atoms with Crippen LogP contribution < -0.4 is 11.1 Å². The van der Waals surface area contributed by atoms with E-state index in [9.17, 15) is 8.42 Å². The van der Waals surface area contributed by atoms with Gasteiger partial charge in [-0.3, -0.25) is 4.99 Å². The van der Waals surface area contributed by atoms with Crippen LogP contribution in [0.5, 0.6) is 0 Å². The van der Waals surface area contributed by atoms with Gasteiger partial charge in [0.15, 0.2) is 5.96 Å². The van der Waals surface area contributed by atoms with E-state index < -0.39 is 9.84 Å².